The molecule has 1 atom stereocenters. The number of carbonyl (C=O) groups excluding carboxylic acids is 1. The molecule has 0 amide bonds. The number of hydrogen-bond donors (Lipinski definition) is 0. The monoisotopic (exact) mass is 560 g/mol. The van der Waals surface area contributed by atoms with Crippen molar-refractivity contribution >= 4 is 40.4 Å². The van der Waals surface area contributed by atoms with Crippen LogP contribution >= 0.6 is 22.7 Å². The van der Waals surface area contributed by atoms with Crippen molar-refractivity contribution in [3.8, 4) is 11.5 Å². The van der Waals surface area contributed by atoms with Gasteiger partial charge in [0.25, 0.3) is 5.56 Å². The molecule has 0 N–H and O–H groups in total. The SMILES string of the molecule is CCOC(=O)C1=C(c2ccccc2)N=c2s/c(=C\c3cccc(OC)c3OC(C)C)c(=O)n2[C@@H]1c1cccs1. The Morgan fingerprint density at radius 1 is 1.10 bits per heavy atom. The largest absolute Gasteiger partial charge is 0.493 e. The molecular weight excluding hydrogens is 532 g/mol. The number of aromatic nitrogens is 1. The number of thiazole rings is 1. The first-order chi connectivity index (χ1) is 18.9. The Bertz CT molecular complexity index is 1700. The van der Waals surface area contributed by atoms with Crippen LogP contribution in [0.25, 0.3) is 11.8 Å². The van der Waals surface area contributed by atoms with Crippen molar-refractivity contribution in [3.63, 3.8) is 0 Å². The van der Waals surface area contributed by atoms with Crippen LogP contribution < -0.4 is 24.4 Å². The van der Waals surface area contributed by atoms with Crippen molar-refractivity contribution in [2.45, 2.75) is 32.9 Å². The third kappa shape index (κ3) is 5.20. The minimum Gasteiger partial charge on any atom is -0.493 e. The van der Waals surface area contributed by atoms with Gasteiger partial charge in [0.2, 0.25) is 0 Å². The number of carbonyl (C=O) groups is 1. The van der Waals surface area contributed by atoms with Crippen molar-refractivity contribution < 1.29 is 19.0 Å². The Morgan fingerprint density at radius 3 is 2.56 bits per heavy atom. The molecule has 39 heavy (non-hydrogen) atoms. The Hall–Kier alpha value is -3.95. The van der Waals surface area contributed by atoms with Gasteiger partial charge in [0.15, 0.2) is 16.3 Å². The van der Waals surface area contributed by atoms with Gasteiger partial charge < -0.3 is 14.2 Å². The molecule has 1 aliphatic rings. The summed E-state index contributed by atoms with van der Waals surface area (Å²) >= 11 is 2.75. The van der Waals surface area contributed by atoms with E-state index >= 15 is 0 Å². The highest BCUT2D eigenvalue weighted by atomic mass is 32.1. The second-order valence-electron chi connectivity index (χ2n) is 8.99. The van der Waals surface area contributed by atoms with Crippen molar-refractivity contribution in [2.75, 3.05) is 13.7 Å². The number of nitrogens with zero attached hydrogens (tertiary/aromatic N) is 2. The zero-order chi connectivity index (χ0) is 27.5. The second kappa shape index (κ2) is 11.4. The molecule has 9 heteroatoms. The Morgan fingerprint density at radius 2 is 1.90 bits per heavy atom. The van der Waals surface area contributed by atoms with Crippen LogP contribution in [0.1, 0.15) is 42.8 Å². The summed E-state index contributed by atoms with van der Waals surface area (Å²) in [4.78, 5) is 33.7. The lowest BCUT2D eigenvalue weighted by Crippen LogP contribution is -2.39. The number of fused-ring (bicyclic) bond motifs is 1. The number of para-hydroxylation sites is 1. The molecule has 7 nitrogen and oxygen atoms in total. The van der Waals surface area contributed by atoms with Crippen molar-refractivity contribution in [1.82, 2.24) is 4.57 Å². The lowest BCUT2D eigenvalue weighted by molar-refractivity contribution is -0.138. The summed E-state index contributed by atoms with van der Waals surface area (Å²) in [7, 11) is 1.59. The zero-order valence-corrected chi connectivity index (χ0v) is 23.7. The van der Waals surface area contributed by atoms with Crippen molar-refractivity contribution in [2.24, 2.45) is 4.99 Å². The van der Waals surface area contributed by atoms with E-state index in [2.05, 4.69) is 0 Å². The summed E-state index contributed by atoms with van der Waals surface area (Å²) in [6, 6.07) is 18.2. The first-order valence-electron chi connectivity index (χ1n) is 12.6. The molecule has 2 aromatic heterocycles. The topological polar surface area (TPSA) is 79.1 Å². The number of methoxy groups -OCH3 is 1. The van der Waals surface area contributed by atoms with E-state index in [0.717, 1.165) is 10.4 Å². The number of benzene rings is 2. The van der Waals surface area contributed by atoms with Gasteiger partial charge in [0.1, 0.15) is 6.04 Å². The molecule has 0 saturated carbocycles. The van der Waals surface area contributed by atoms with E-state index in [0.29, 0.717) is 37.7 Å². The van der Waals surface area contributed by atoms with Gasteiger partial charge in [-0.3, -0.25) is 9.36 Å². The minimum absolute atomic E-state index is 0.0888. The van der Waals surface area contributed by atoms with Crippen LogP contribution in [0.4, 0.5) is 0 Å². The second-order valence-corrected chi connectivity index (χ2v) is 11.0. The van der Waals surface area contributed by atoms with Gasteiger partial charge in [0.05, 0.1) is 35.6 Å². The first-order valence-corrected chi connectivity index (χ1v) is 14.3. The Balaban J connectivity index is 1.79. The molecule has 1 aliphatic heterocycles. The maximum Gasteiger partial charge on any atom is 0.338 e. The molecule has 0 spiro atoms. The quantitative estimate of drug-likeness (QED) is 0.290. The molecule has 2 aromatic carbocycles. The van der Waals surface area contributed by atoms with E-state index in [4.69, 9.17) is 19.2 Å². The van der Waals surface area contributed by atoms with Crippen molar-refractivity contribution in [3.05, 3.63) is 107 Å². The Labute approximate surface area is 234 Å². The number of esters is 1. The fourth-order valence-corrected chi connectivity index (χ4v) is 6.28. The summed E-state index contributed by atoms with van der Waals surface area (Å²) in [6.45, 7) is 5.85. The van der Waals surface area contributed by atoms with E-state index in [1.165, 1.54) is 22.7 Å². The minimum atomic E-state index is -0.672. The number of ether oxygens (including phenoxy) is 3. The lowest BCUT2D eigenvalue weighted by Gasteiger charge is -2.24. The average molecular weight is 561 g/mol. The van der Waals surface area contributed by atoms with Crippen LogP contribution in [0.2, 0.25) is 0 Å². The Kier molecular flexibility index (Phi) is 7.81. The molecule has 5 rings (SSSR count). The molecule has 0 bridgehead atoms. The van der Waals surface area contributed by atoms with Crippen LogP contribution in [0.3, 0.4) is 0 Å². The molecule has 0 unspecified atom stereocenters. The predicted octanol–water partition coefficient (Wildman–Crippen LogP) is 4.79. The highest BCUT2D eigenvalue weighted by molar-refractivity contribution is 7.10. The number of thiophene rings is 1. The van der Waals surface area contributed by atoms with Crippen molar-refractivity contribution in [1.29, 1.82) is 0 Å². The molecule has 0 aliphatic carbocycles. The third-order valence-corrected chi connectivity index (χ3v) is 7.96. The van der Waals surface area contributed by atoms with E-state index < -0.39 is 12.0 Å². The zero-order valence-electron chi connectivity index (χ0n) is 22.0. The predicted molar refractivity (Wildman–Crippen MR) is 154 cm³/mol. The van der Waals surface area contributed by atoms with Gasteiger partial charge in [-0.2, -0.15) is 0 Å². The van der Waals surface area contributed by atoms with Gasteiger partial charge in [-0.15, -0.1) is 11.3 Å². The third-order valence-electron chi connectivity index (χ3n) is 6.06. The van der Waals surface area contributed by atoms with Crippen LogP contribution in [0, 0.1) is 0 Å². The smallest absolute Gasteiger partial charge is 0.338 e. The van der Waals surface area contributed by atoms with Gasteiger partial charge in [-0.25, -0.2) is 9.79 Å². The molecule has 0 radical (unpaired) electrons. The van der Waals surface area contributed by atoms with E-state index in [9.17, 15) is 9.59 Å². The van der Waals surface area contributed by atoms with Crippen LogP contribution in [-0.2, 0) is 9.53 Å². The normalized spacial score (nSPS) is 15.2. The van der Waals surface area contributed by atoms with E-state index in [1.54, 1.807) is 24.7 Å². The summed E-state index contributed by atoms with van der Waals surface area (Å²) in [6.07, 6.45) is 1.71. The molecule has 3 heterocycles. The molecule has 4 aromatic rings. The fourth-order valence-electron chi connectivity index (χ4n) is 4.47. The van der Waals surface area contributed by atoms with Gasteiger partial charge >= 0.3 is 5.97 Å². The molecule has 0 saturated heterocycles. The highest BCUT2D eigenvalue weighted by Crippen LogP contribution is 2.37. The van der Waals surface area contributed by atoms with Gasteiger partial charge in [-0.05, 0) is 44.4 Å². The maximum absolute atomic E-state index is 14.0. The number of hydrogen-bond acceptors (Lipinski definition) is 8. The standard InChI is InChI=1S/C30H28N2O5S2/c1-5-36-29(34)24-25(19-11-7-6-8-12-19)31-30-32(26(24)22-15-10-16-38-22)28(33)23(39-30)17-20-13-9-14-21(35-4)27(20)37-18(2)3/h6-18,26H,5H2,1-4H3/b23-17-/t26-/m1/s1. The molecular formula is C30H28N2O5S2. The number of rotatable bonds is 8. The van der Waals surface area contributed by atoms with Crippen LogP contribution in [0.15, 0.2) is 81.4 Å². The lowest BCUT2D eigenvalue weighted by atomic mass is 9.97. The summed E-state index contributed by atoms with van der Waals surface area (Å²) < 4.78 is 19.2. The molecule has 200 valence electrons. The van der Waals surface area contributed by atoms with Gasteiger partial charge in [0, 0.05) is 16.0 Å². The summed E-state index contributed by atoms with van der Waals surface area (Å²) in [5.74, 6) is 0.652. The average Bonchev–Trinajstić information content (AvgIpc) is 3.57. The maximum atomic E-state index is 14.0. The van der Waals surface area contributed by atoms with E-state index in [-0.39, 0.29) is 18.3 Å². The molecule has 0 fully saturated rings. The van der Waals surface area contributed by atoms with Crippen LogP contribution in [-0.4, -0.2) is 30.4 Å². The van der Waals surface area contributed by atoms with Crippen LogP contribution in [0.5, 0.6) is 11.5 Å². The summed E-state index contributed by atoms with van der Waals surface area (Å²) in [5, 5.41) is 1.93. The van der Waals surface area contributed by atoms with E-state index in [1.807, 2.05) is 79.9 Å². The summed E-state index contributed by atoms with van der Waals surface area (Å²) in [5.41, 5.74) is 2.10. The highest BCUT2D eigenvalue weighted by Gasteiger charge is 2.35. The van der Waals surface area contributed by atoms with Gasteiger partial charge in [-0.1, -0.05) is 59.9 Å². The first kappa shape index (κ1) is 26.6. The fraction of sp³-hybridized carbons (Fsp3) is 0.233.